The first kappa shape index (κ1) is 23.1. The SMILES string of the molecule is CCCCc1ccc(NC(=O)C2=C(c3ccccc3)c3cc(Cl)ccc3N(C)S2(=O)=O)cc1. The van der Waals surface area contributed by atoms with Gasteiger partial charge in [0, 0.05) is 28.9 Å². The molecule has 0 unspecified atom stereocenters. The molecule has 1 heterocycles. The summed E-state index contributed by atoms with van der Waals surface area (Å²) in [6.07, 6.45) is 3.15. The molecule has 33 heavy (non-hydrogen) atoms. The number of hydrogen-bond donors (Lipinski definition) is 1. The standard InChI is InChI=1S/C26H25ClN2O3S/c1-3-4-8-18-11-14-21(15-12-18)28-26(30)25-24(19-9-6-5-7-10-19)22-17-20(27)13-16-23(22)29(2)33(25,31)32/h5-7,9-17H,3-4,8H2,1-2H3,(H,28,30). The van der Waals surface area contributed by atoms with Gasteiger partial charge in [0.1, 0.15) is 0 Å². The van der Waals surface area contributed by atoms with Crippen LogP contribution in [0.5, 0.6) is 0 Å². The average molecular weight is 481 g/mol. The van der Waals surface area contributed by atoms with Crippen molar-refractivity contribution in [2.45, 2.75) is 26.2 Å². The number of unbranched alkanes of at least 4 members (excludes halogenated alkanes) is 1. The van der Waals surface area contributed by atoms with E-state index >= 15 is 0 Å². The van der Waals surface area contributed by atoms with Gasteiger partial charge < -0.3 is 5.32 Å². The van der Waals surface area contributed by atoms with Crippen LogP contribution in [0.1, 0.15) is 36.5 Å². The third kappa shape index (κ3) is 4.54. The zero-order chi connectivity index (χ0) is 23.6. The summed E-state index contributed by atoms with van der Waals surface area (Å²) >= 11 is 6.27. The van der Waals surface area contributed by atoms with Gasteiger partial charge in [0.2, 0.25) is 0 Å². The van der Waals surface area contributed by atoms with Crippen LogP contribution in [-0.2, 0) is 21.2 Å². The topological polar surface area (TPSA) is 66.5 Å². The van der Waals surface area contributed by atoms with E-state index in [1.807, 2.05) is 30.3 Å². The molecule has 1 N–H and O–H groups in total. The molecule has 0 aromatic heterocycles. The fourth-order valence-corrected chi connectivity index (χ4v) is 5.58. The number of amides is 1. The highest BCUT2D eigenvalue weighted by atomic mass is 35.5. The second-order valence-electron chi connectivity index (χ2n) is 7.96. The van der Waals surface area contributed by atoms with Crippen molar-refractivity contribution in [3.63, 3.8) is 0 Å². The number of sulfonamides is 1. The van der Waals surface area contributed by atoms with Gasteiger partial charge in [0.25, 0.3) is 15.9 Å². The van der Waals surface area contributed by atoms with Crippen molar-refractivity contribution in [2.75, 3.05) is 16.7 Å². The smallest absolute Gasteiger partial charge is 0.270 e. The second kappa shape index (κ2) is 9.41. The first-order valence-electron chi connectivity index (χ1n) is 10.8. The Hall–Kier alpha value is -3.09. The Kier molecular flexibility index (Phi) is 6.58. The maximum atomic E-state index is 13.5. The van der Waals surface area contributed by atoms with Gasteiger partial charge in [0.15, 0.2) is 4.91 Å². The Labute approximate surface area is 199 Å². The highest BCUT2D eigenvalue weighted by Crippen LogP contribution is 2.43. The van der Waals surface area contributed by atoms with Gasteiger partial charge in [0.05, 0.1) is 5.69 Å². The lowest BCUT2D eigenvalue weighted by molar-refractivity contribution is -0.112. The van der Waals surface area contributed by atoms with E-state index in [0.717, 1.165) is 23.6 Å². The van der Waals surface area contributed by atoms with Gasteiger partial charge in [-0.3, -0.25) is 9.10 Å². The lowest BCUT2D eigenvalue weighted by Crippen LogP contribution is -2.37. The minimum absolute atomic E-state index is 0.305. The molecule has 7 heteroatoms. The molecule has 4 rings (SSSR count). The molecule has 0 radical (unpaired) electrons. The number of carbonyl (C=O) groups is 1. The van der Waals surface area contributed by atoms with Crippen LogP contribution in [0.2, 0.25) is 5.02 Å². The molecule has 0 atom stereocenters. The van der Waals surface area contributed by atoms with Gasteiger partial charge in [-0.1, -0.05) is 67.4 Å². The van der Waals surface area contributed by atoms with Crippen molar-refractivity contribution in [3.05, 3.63) is 99.4 Å². The quantitative estimate of drug-likeness (QED) is 0.480. The molecule has 3 aromatic rings. The van der Waals surface area contributed by atoms with Crippen LogP contribution in [-0.4, -0.2) is 21.4 Å². The Bertz CT molecular complexity index is 1320. The molecule has 0 spiro atoms. The number of benzene rings is 3. The van der Waals surface area contributed by atoms with Gasteiger partial charge in [-0.25, -0.2) is 8.42 Å². The molecular weight excluding hydrogens is 456 g/mol. The number of halogens is 1. The maximum absolute atomic E-state index is 13.5. The fraction of sp³-hybridized carbons (Fsp3) is 0.192. The van der Waals surface area contributed by atoms with Crippen molar-refractivity contribution >= 4 is 44.5 Å². The zero-order valence-electron chi connectivity index (χ0n) is 18.5. The Morgan fingerprint density at radius 1 is 1.00 bits per heavy atom. The zero-order valence-corrected chi connectivity index (χ0v) is 20.1. The van der Waals surface area contributed by atoms with Crippen LogP contribution >= 0.6 is 11.6 Å². The number of hydrogen-bond acceptors (Lipinski definition) is 3. The first-order valence-corrected chi connectivity index (χ1v) is 12.6. The first-order chi connectivity index (χ1) is 15.8. The summed E-state index contributed by atoms with van der Waals surface area (Å²) in [4.78, 5) is 13.2. The summed E-state index contributed by atoms with van der Waals surface area (Å²) in [6, 6.07) is 21.5. The minimum Gasteiger partial charge on any atom is -0.321 e. The molecule has 0 bridgehead atoms. The van der Waals surface area contributed by atoms with Crippen molar-refractivity contribution in [1.29, 1.82) is 0 Å². The number of nitrogens with one attached hydrogen (secondary N) is 1. The largest absolute Gasteiger partial charge is 0.321 e. The van der Waals surface area contributed by atoms with E-state index in [1.54, 1.807) is 42.5 Å². The number of fused-ring (bicyclic) bond motifs is 1. The predicted molar refractivity (Wildman–Crippen MR) is 135 cm³/mol. The number of nitrogens with zero attached hydrogens (tertiary/aromatic N) is 1. The normalized spacial score (nSPS) is 14.7. The third-order valence-electron chi connectivity index (χ3n) is 5.71. The minimum atomic E-state index is -4.11. The van der Waals surface area contributed by atoms with E-state index < -0.39 is 15.9 Å². The molecule has 5 nitrogen and oxygen atoms in total. The van der Waals surface area contributed by atoms with Gasteiger partial charge in [-0.15, -0.1) is 0 Å². The van der Waals surface area contributed by atoms with Gasteiger partial charge in [-0.05, 0) is 54.3 Å². The highest BCUT2D eigenvalue weighted by Gasteiger charge is 2.39. The van der Waals surface area contributed by atoms with Crippen LogP contribution in [0, 0.1) is 0 Å². The molecule has 0 saturated carbocycles. The monoisotopic (exact) mass is 480 g/mol. The van der Waals surface area contributed by atoms with Crippen LogP contribution < -0.4 is 9.62 Å². The predicted octanol–water partition coefficient (Wildman–Crippen LogP) is 5.86. The van der Waals surface area contributed by atoms with E-state index in [2.05, 4.69) is 12.2 Å². The second-order valence-corrected chi connectivity index (χ2v) is 10.3. The highest BCUT2D eigenvalue weighted by molar-refractivity contribution is 7.97. The molecule has 0 saturated heterocycles. The molecule has 1 aliphatic rings. The van der Waals surface area contributed by atoms with E-state index in [9.17, 15) is 13.2 Å². The molecule has 170 valence electrons. The van der Waals surface area contributed by atoms with E-state index in [1.165, 1.54) is 12.6 Å². The van der Waals surface area contributed by atoms with Crippen LogP contribution in [0.15, 0.2) is 77.7 Å². The third-order valence-corrected chi connectivity index (χ3v) is 7.77. The number of carbonyl (C=O) groups excluding carboxylic acids is 1. The summed E-state index contributed by atoms with van der Waals surface area (Å²) in [5.74, 6) is -0.687. The molecule has 1 amide bonds. The van der Waals surface area contributed by atoms with E-state index in [0.29, 0.717) is 33.1 Å². The Balaban J connectivity index is 1.83. The molecule has 3 aromatic carbocycles. The molecule has 0 fully saturated rings. The molecule has 0 aliphatic carbocycles. The van der Waals surface area contributed by atoms with Crippen molar-refractivity contribution in [2.24, 2.45) is 0 Å². The van der Waals surface area contributed by atoms with Gasteiger partial charge >= 0.3 is 0 Å². The lowest BCUT2D eigenvalue weighted by atomic mass is 9.95. The van der Waals surface area contributed by atoms with Crippen molar-refractivity contribution in [3.8, 4) is 0 Å². The number of rotatable bonds is 6. The van der Waals surface area contributed by atoms with Crippen LogP contribution in [0.25, 0.3) is 5.57 Å². The summed E-state index contributed by atoms with van der Waals surface area (Å²) in [7, 11) is -2.66. The van der Waals surface area contributed by atoms with Gasteiger partial charge in [-0.2, -0.15) is 0 Å². The van der Waals surface area contributed by atoms with Crippen LogP contribution in [0.4, 0.5) is 11.4 Å². The van der Waals surface area contributed by atoms with Crippen LogP contribution in [0.3, 0.4) is 0 Å². The summed E-state index contributed by atoms with van der Waals surface area (Å²) in [5.41, 5.74) is 3.73. The Morgan fingerprint density at radius 2 is 1.70 bits per heavy atom. The average Bonchev–Trinajstić information content (AvgIpc) is 2.81. The van der Waals surface area contributed by atoms with Crippen molar-refractivity contribution < 1.29 is 13.2 Å². The summed E-state index contributed by atoms with van der Waals surface area (Å²) in [5, 5.41) is 3.24. The molecular formula is C26H25ClN2O3S. The van der Waals surface area contributed by atoms with E-state index in [4.69, 9.17) is 11.6 Å². The van der Waals surface area contributed by atoms with E-state index in [-0.39, 0.29) is 4.91 Å². The van der Waals surface area contributed by atoms with Crippen molar-refractivity contribution in [1.82, 2.24) is 0 Å². The molecule has 1 aliphatic heterocycles. The summed E-state index contributed by atoms with van der Waals surface area (Å²) < 4.78 is 28.2. The number of aryl methyl sites for hydroxylation is 1. The Morgan fingerprint density at radius 3 is 2.36 bits per heavy atom. The lowest BCUT2D eigenvalue weighted by Gasteiger charge is -2.31. The number of anilines is 2. The maximum Gasteiger partial charge on any atom is 0.270 e. The summed E-state index contributed by atoms with van der Waals surface area (Å²) in [6.45, 7) is 2.14. The fourth-order valence-electron chi connectivity index (χ4n) is 3.95.